The number of nitrogens with zero attached hydrogens (tertiary/aromatic N) is 1. The zero-order valence-corrected chi connectivity index (χ0v) is 16.2. The number of pyridine rings is 1. The summed E-state index contributed by atoms with van der Waals surface area (Å²) < 4.78 is 33.5. The first-order valence-electron chi connectivity index (χ1n) is 7.51. The van der Waals surface area contributed by atoms with Crippen LogP contribution in [0.2, 0.25) is 0 Å². The third-order valence-electron chi connectivity index (χ3n) is 3.54. The van der Waals surface area contributed by atoms with Crippen LogP contribution in [0, 0.1) is 0 Å². The van der Waals surface area contributed by atoms with Gasteiger partial charge in [0.2, 0.25) is 14.3 Å². The second-order valence-electron chi connectivity index (χ2n) is 6.30. The van der Waals surface area contributed by atoms with Gasteiger partial charge in [0, 0.05) is 27.7 Å². The minimum Gasteiger partial charge on any atom is -0.478 e. The third-order valence-corrected chi connectivity index (χ3v) is 4.94. The lowest BCUT2D eigenvalue weighted by molar-refractivity contribution is 0.0639. The van der Waals surface area contributed by atoms with Gasteiger partial charge in [-0.1, -0.05) is 15.9 Å². The number of hydrogen-bond donors (Lipinski definition) is 3. The molecule has 1 aromatic heterocycles. The fraction of sp³-hybridized carbons (Fsp3) is 0.438. The zero-order valence-electron chi connectivity index (χ0n) is 13.7. The van der Waals surface area contributed by atoms with Crippen LogP contribution >= 0.6 is 24.3 Å². The second kappa shape index (κ2) is 7.76. The molecule has 0 saturated carbocycles. The van der Waals surface area contributed by atoms with E-state index in [-0.39, 0.29) is 10.4 Å². The van der Waals surface area contributed by atoms with Crippen LogP contribution in [0.1, 0.15) is 32.3 Å². The molecule has 1 heterocycles. The molecule has 0 aliphatic rings. The number of aliphatic hydroxyl groups is 1. The summed E-state index contributed by atoms with van der Waals surface area (Å²) in [7, 11) is -3.46. The maximum Gasteiger partial charge on any atom is 0.340 e. The van der Waals surface area contributed by atoms with E-state index in [1.807, 2.05) is 0 Å². The molecule has 3 N–H and O–H groups in total. The fourth-order valence-electron chi connectivity index (χ4n) is 2.24. The summed E-state index contributed by atoms with van der Waals surface area (Å²) in [5, 5.41) is 10.7. The molecular weight excluding hydrogens is 419 g/mol. The van der Waals surface area contributed by atoms with Crippen LogP contribution < -0.4 is 4.74 Å². The van der Waals surface area contributed by atoms with Gasteiger partial charge in [-0.05, 0) is 44.2 Å². The van der Waals surface area contributed by atoms with E-state index in [1.54, 1.807) is 13.8 Å². The molecule has 0 spiro atoms. The first kappa shape index (κ1) is 20.4. The molecule has 0 radical (unpaired) electrons. The highest BCUT2D eigenvalue weighted by atomic mass is 79.9. The minimum absolute atomic E-state index is 0.0706. The Balaban J connectivity index is 2.22. The smallest absolute Gasteiger partial charge is 0.340 e. The summed E-state index contributed by atoms with van der Waals surface area (Å²) in [5.74, 6) is 0.273. The van der Waals surface area contributed by atoms with Crippen molar-refractivity contribution in [2.45, 2.75) is 38.0 Å². The van der Waals surface area contributed by atoms with Crippen molar-refractivity contribution in [2.75, 3.05) is 6.61 Å². The van der Waals surface area contributed by atoms with Crippen molar-refractivity contribution in [3.8, 4) is 5.88 Å². The Labute approximate surface area is 153 Å². The predicted molar refractivity (Wildman–Crippen MR) is 95.7 cm³/mol. The first-order valence-corrected chi connectivity index (χ1v) is 9.55. The topological polar surface area (TPSA) is 82.8 Å². The first-order chi connectivity index (χ1) is 11.5. The van der Waals surface area contributed by atoms with E-state index < -0.39 is 25.2 Å². The molecule has 0 saturated heterocycles. The lowest BCUT2D eigenvalue weighted by Crippen LogP contribution is -2.19. The Morgan fingerprint density at radius 3 is 2.48 bits per heavy atom. The fourth-order valence-corrected chi connectivity index (χ4v) is 3.41. The molecule has 138 valence electrons. The van der Waals surface area contributed by atoms with Crippen LogP contribution in [0.3, 0.4) is 0 Å². The molecule has 1 aromatic carbocycles. The van der Waals surface area contributed by atoms with Crippen molar-refractivity contribution >= 4 is 35.1 Å². The van der Waals surface area contributed by atoms with E-state index in [0.717, 1.165) is 0 Å². The quantitative estimate of drug-likeness (QED) is 0.444. The van der Waals surface area contributed by atoms with Crippen molar-refractivity contribution in [2.24, 2.45) is 0 Å². The number of alkyl halides is 2. The summed E-state index contributed by atoms with van der Waals surface area (Å²) in [6.45, 7) is 3.75. The minimum atomic E-state index is -3.75. The van der Waals surface area contributed by atoms with Crippen LogP contribution in [0.25, 0.3) is 10.8 Å². The second-order valence-corrected chi connectivity index (χ2v) is 8.29. The Bertz CT molecular complexity index is 753. The van der Waals surface area contributed by atoms with Crippen LogP contribution in [0.15, 0.2) is 28.9 Å². The molecule has 25 heavy (non-hydrogen) atoms. The van der Waals surface area contributed by atoms with E-state index in [9.17, 15) is 13.9 Å². The standard InChI is InChI=1S/C16H19BrF2NO4P/c1-15(2,21)4-3-5-24-14-8-10-6-12(16(18,19)25(22)23)13(17)7-11(10)9-20-14/h6-9,21-23H,3-5H2,1-2H3. The van der Waals surface area contributed by atoms with Gasteiger partial charge in [0.1, 0.15) is 0 Å². The molecule has 0 aliphatic heterocycles. The van der Waals surface area contributed by atoms with E-state index in [0.29, 0.717) is 30.2 Å². The molecule has 0 amide bonds. The van der Waals surface area contributed by atoms with Crippen molar-refractivity contribution in [1.82, 2.24) is 4.98 Å². The molecule has 9 heteroatoms. The summed E-state index contributed by atoms with van der Waals surface area (Å²) in [4.78, 5) is 22.1. The average Bonchev–Trinajstić information content (AvgIpc) is 2.49. The van der Waals surface area contributed by atoms with Gasteiger partial charge in [0.25, 0.3) is 0 Å². The number of fused-ring (bicyclic) bond motifs is 1. The van der Waals surface area contributed by atoms with Crippen LogP contribution in [-0.2, 0) is 5.66 Å². The van der Waals surface area contributed by atoms with Gasteiger partial charge in [-0.2, -0.15) is 8.78 Å². The predicted octanol–water partition coefficient (Wildman–Crippen LogP) is 4.27. The highest BCUT2D eigenvalue weighted by molar-refractivity contribution is 9.10. The number of hydrogen-bond acceptors (Lipinski definition) is 5. The zero-order chi connectivity index (χ0) is 18.8. The van der Waals surface area contributed by atoms with Gasteiger partial charge in [0.15, 0.2) is 0 Å². The van der Waals surface area contributed by atoms with Crippen molar-refractivity contribution in [1.29, 1.82) is 0 Å². The Hall–Kier alpha value is -0.920. The highest BCUT2D eigenvalue weighted by Crippen LogP contribution is 2.54. The SMILES string of the molecule is CC(C)(O)CCCOc1cc2cc(C(F)(F)P(O)O)c(Br)cc2cn1. The van der Waals surface area contributed by atoms with Crippen molar-refractivity contribution < 1.29 is 28.4 Å². The number of aromatic nitrogens is 1. The molecule has 0 fully saturated rings. The molecule has 5 nitrogen and oxygen atoms in total. The van der Waals surface area contributed by atoms with Crippen LogP contribution in [0.5, 0.6) is 5.88 Å². The molecule has 0 bridgehead atoms. The van der Waals surface area contributed by atoms with Crippen molar-refractivity contribution in [3.63, 3.8) is 0 Å². The monoisotopic (exact) mass is 437 g/mol. The van der Waals surface area contributed by atoms with E-state index in [4.69, 9.17) is 14.5 Å². The van der Waals surface area contributed by atoms with E-state index >= 15 is 0 Å². The van der Waals surface area contributed by atoms with Crippen molar-refractivity contribution in [3.05, 3.63) is 34.4 Å². The molecule has 2 rings (SSSR count). The summed E-state index contributed by atoms with van der Waals surface area (Å²) in [5.41, 5.74) is -5.03. The number of ether oxygens (including phenoxy) is 1. The highest BCUT2D eigenvalue weighted by Gasteiger charge is 2.42. The van der Waals surface area contributed by atoms with E-state index in [1.165, 1.54) is 24.4 Å². The Morgan fingerprint density at radius 2 is 1.88 bits per heavy atom. The lowest BCUT2D eigenvalue weighted by Gasteiger charge is -2.19. The summed E-state index contributed by atoms with van der Waals surface area (Å²) in [6, 6.07) is 4.15. The molecule has 2 aromatic rings. The summed E-state index contributed by atoms with van der Waals surface area (Å²) in [6.07, 6.45) is 2.67. The molecule has 0 unspecified atom stereocenters. The Morgan fingerprint density at radius 1 is 1.20 bits per heavy atom. The van der Waals surface area contributed by atoms with Crippen LogP contribution in [-0.4, -0.2) is 32.1 Å². The molecule has 0 atom stereocenters. The maximum absolute atomic E-state index is 14.0. The summed E-state index contributed by atoms with van der Waals surface area (Å²) >= 11 is 3.04. The molecular formula is C16H19BrF2NO4P. The maximum atomic E-state index is 14.0. The Kier molecular flexibility index (Phi) is 6.33. The average molecular weight is 438 g/mol. The normalized spacial score (nSPS) is 12.8. The van der Waals surface area contributed by atoms with Crippen LogP contribution in [0.4, 0.5) is 8.78 Å². The van der Waals surface area contributed by atoms with E-state index in [2.05, 4.69) is 20.9 Å². The van der Waals surface area contributed by atoms with Gasteiger partial charge < -0.3 is 19.6 Å². The lowest BCUT2D eigenvalue weighted by atomic mass is 10.0. The van der Waals surface area contributed by atoms with Gasteiger partial charge in [-0.25, -0.2) is 4.98 Å². The number of rotatable bonds is 7. The van der Waals surface area contributed by atoms with Gasteiger partial charge in [-0.15, -0.1) is 0 Å². The van der Waals surface area contributed by atoms with Gasteiger partial charge in [-0.3, -0.25) is 0 Å². The number of halogens is 3. The largest absolute Gasteiger partial charge is 0.478 e. The number of benzene rings is 1. The third kappa shape index (κ3) is 5.28. The van der Waals surface area contributed by atoms with Gasteiger partial charge >= 0.3 is 5.66 Å². The molecule has 0 aliphatic carbocycles. The van der Waals surface area contributed by atoms with Gasteiger partial charge in [0.05, 0.1) is 12.2 Å².